The van der Waals surface area contributed by atoms with Gasteiger partial charge < -0.3 is 0 Å². The molecule has 0 saturated carbocycles. The van der Waals surface area contributed by atoms with E-state index in [1.807, 2.05) is 42.5 Å². The molecule has 0 saturated heterocycles. The highest BCUT2D eigenvalue weighted by atomic mass is 14.2. The molecule has 1 aliphatic carbocycles. The zero-order valence-electron chi connectivity index (χ0n) is 7.35. The van der Waals surface area contributed by atoms with Crippen LogP contribution < -0.4 is 0 Å². The van der Waals surface area contributed by atoms with E-state index in [2.05, 4.69) is 12.1 Å². The van der Waals surface area contributed by atoms with Crippen molar-refractivity contribution in [3.8, 4) is 6.07 Å². The summed E-state index contributed by atoms with van der Waals surface area (Å²) in [6.45, 7) is 0. The molecule has 0 bridgehead atoms. The van der Waals surface area contributed by atoms with E-state index in [-0.39, 0.29) is 0 Å². The lowest BCUT2D eigenvalue weighted by atomic mass is 10.2. The minimum Gasteiger partial charge on any atom is -0.192 e. The first kappa shape index (κ1) is 9.28. The first-order valence-electron chi connectivity index (χ1n) is 4.20. The predicted molar refractivity (Wildman–Crippen MR) is 54.9 cm³/mol. The van der Waals surface area contributed by atoms with Gasteiger partial charge in [-0.1, -0.05) is 42.5 Å². The van der Waals surface area contributed by atoms with Gasteiger partial charge in [0.2, 0.25) is 0 Å². The third-order valence-electron chi connectivity index (χ3n) is 1.56. The number of nitrogens with zero attached hydrogens (tertiary/aromatic N) is 1. The van der Waals surface area contributed by atoms with Crippen molar-refractivity contribution in [2.45, 2.75) is 6.42 Å². The van der Waals surface area contributed by atoms with Gasteiger partial charge in [0, 0.05) is 0 Å². The fourth-order valence-corrected chi connectivity index (χ4v) is 0.904. The summed E-state index contributed by atoms with van der Waals surface area (Å²) in [5, 5.41) is 8.70. The molecule has 0 amide bonds. The van der Waals surface area contributed by atoms with Crippen LogP contribution in [0.15, 0.2) is 60.3 Å². The van der Waals surface area contributed by atoms with Crippen LogP contribution in [0.5, 0.6) is 0 Å². The van der Waals surface area contributed by atoms with Gasteiger partial charge in [0.15, 0.2) is 0 Å². The summed E-state index contributed by atoms with van der Waals surface area (Å²) in [4.78, 5) is 0. The van der Waals surface area contributed by atoms with Gasteiger partial charge in [0.25, 0.3) is 0 Å². The lowest BCUT2D eigenvalue weighted by Crippen LogP contribution is -1.68. The van der Waals surface area contributed by atoms with Crippen LogP contribution in [0.1, 0.15) is 6.42 Å². The Morgan fingerprint density at radius 3 is 2.62 bits per heavy atom. The van der Waals surface area contributed by atoms with Gasteiger partial charge in [-0.25, -0.2) is 0 Å². The molecule has 0 radical (unpaired) electrons. The highest BCUT2D eigenvalue weighted by molar-refractivity contribution is 5.37. The second-order valence-electron chi connectivity index (χ2n) is 2.57. The van der Waals surface area contributed by atoms with E-state index < -0.39 is 0 Å². The molecule has 0 aromatic heterocycles. The van der Waals surface area contributed by atoms with Crippen molar-refractivity contribution in [3.63, 3.8) is 0 Å². The Hall–Kier alpha value is -1.81. The molecule has 0 N–H and O–H groups in total. The monoisotopic (exact) mass is 169 g/mol. The Labute approximate surface area is 78.7 Å². The quantitative estimate of drug-likeness (QED) is 0.546. The topological polar surface area (TPSA) is 23.8 Å². The normalized spacial score (nSPS) is 29.9. The fourth-order valence-electron chi connectivity index (χ4n) is 0.904. The summed E-state index contributed by atoms with van der Waals surface area (Å²) < 4.78 is 0. The molecule has 0 aromatic carbocycles. The maximum atomic E-state index is 8.70. The van der Waals surface area contributed by atoms with Crippen LogP contribution in [0.25, 0.3) is 0 Å². The van der Waals surface area contributed by atoms with E-state index in [9.17, 15) is 0 Å². The summed E-state index contributed by atoms with van der Waals surface area (Å²) >= 11 is 0. The second kappa shape index (κ2) is 5.79. The van der Waals surface area contributed by atoms with Crippen LogP contribution in [-0.2, 0) is 0 Å². The molecule has 0 atom stereocenters. The SMILES string of the molecule is N#CC1=C/C=C\C\C=C/C=C\C=C\1. The van der Waals surface area contributed by atoms with Crippen molar-refractivity contribution in [3.05, 3.63) is 60.3 Å². The Balaban J connectivity index is 2.83. The minimum absolute atomic E-state index is 0.669. The molecular weight excluding hydrogens is 158 g/mol. The van der Waals surface area contributed by atoms with Crippen molar-refractivity contribution < 1.29 is 0 Å². The lowest BCUT2D eigenvalue weighted by molar-refractivity contribution is 1.39. The molecule has 1 aliphatic rings. The van der Waals surface area contributed by atoms with E-state index >= 15 is 0 Å². The summed E-state index contributed by atoms with van der Waals surface area (Å²) in [6.07, 6.45) is 18.2. The molecule has 64 valence electrons. The van der Waals surface area contributed by atoms with E-state index in [1.54, 1.807) is 6.08 Å². The smallest absolute Gasteiger partial charge is 0.0991 e. The van der Waals surface area contributed by atoms with Gasteiger partial charge in [0.1, 0.15) is 0 Å². The third kappa shape index (κ3) is 3.93. The lowest BCUT2D eigenvalue weighted by Gasteiger charge is -1.82. The van der Waals surface area contributed by atoms with Crippen LogP contribution in [0.3, 0.4) is 0 Å². The Bertz CT molecular complexity index is 333. The number of hydrogen-bond donors (Lipinski definition) is 0. The minimum atomic E-state index is 0.669. The predicted octanol–water partition coefficient (Wildman–Crippen LogP) is 3.06. The fraction of sp³-hybridized carbons (Fsp3) is 0.0833. The average Bonchev–Trinajstić information content (AvgIpc) is 2.22. The first-order valence-corrected chi connectivity index (χ1v) is 4.20. The number of hydrogen-bond acceptors (Lipinski definition) is 1. The van der Waals surface area contributed by atoms with Gasteiger partial charge in [-0.05, 0) is 18.6 Å². The summed E-state index contributed by atoms with van der Waals surface area (Å²) in [7, 11) is 0. The zero-order chi connectivity index (χ0) is 9.36. The summed E-state index contributed by atoms with van der Waals surface area (Å²) in [5.74, 6) is 0. The standard InChI is InChI=1S/C12H11N/c13-11-12-9-7-5-3-1-2-4-6-8-10-12/h1-3,5-10H,4H2/b2-1-,5-3-,8-6-,9-7+,12-10+. The number of nitriles is 1. The second-order valence-corrected chi connectivity index (χ2v) is 2.57. The van der Waals surface area contributed by atoms with Gasteiger partial charge >= 0.3 is 0 Å². The highest BCUT2D eigenvalue weighted by Gasteiger charge is 1.83. The van der Waals surface area contributed by atoms with Crippen LogP contribution in [0.4, 0.5) is 0 Å². The molecule has 0 heterocycles. The summed E-state index contributed by atoms with van der Waals surface area (Å²) in [5.41, 5.74) is 0.669. The number of allylic oxidation sites excluding steroid dienone is 10. The molecule has 1 heteroatoms. The highest BCUT2D eigenvalue weighted by Crippen LogP contribution is 1.98. The largest absolute Gasteiger partial charge is 0.192 e. The Kier molecular flexibility index (Phi) is 4.13. The molecule has 0 aromatic rings. The van der Waals surface area contributed by atoms with Crippen molar-refractivity contribution in [2.24, 2.45) is 0 Å². The maximum Gasteiger partial charge on any atom is 0.0991 e. The molecule has 0 fully saturated rings. The zero-order valence-corrected chi connectivity index (χ0v) is 7.35. The molecule has 0 spiro atoms. The van der Waals surface area contributed by atoms with Crippen molar-refractivity contribution in [2.75, 3.05) is 0 Å². The van der Waals surface area contributed by atoms with E-state index in [0.29, 0.717) is 5.57 Å². The summed E-state index contributed by atoms with van der Waals surface area (Å²) in [6, 6.07) is 2.11. The van der Waals surface area contributed by atoms with Crippen LogP contribution >= 0.6 is 0 Å². The molecule has 0 aliphatic heterocycles. The maximum absolute atomic E-state index is 8.70. The van der Waals surface area contributed by atoms with Gasteiger partial charge in [-0.15, -0.1) is 0 Å². The number of rotatable bonds is 0. The Morgan fingerprint density at radius 2 is 1.77 bits per heavy atom. The van der Waals surface area contributed by atoms with Crippen molar-refractivity contribution >= 4 is 0 Å². The van der Waals surface area contributed by atoms with E-state index in [0.717, 1.165) is 6.42 Å². The van der Waals surface area contributed by atoms with Crippen LogP contribution in [-0.4, -0.2) is 0 Å². The van der Waals surface area contributed by atoms with Crippen LogP contribution in [0.2, 0.25) is 0 Å². The molecular formula is C12H11N. The van der Waals surface area contributed by atoms with Gasteiger partial charge in [0.05, 0.1) is 11.6 Å². The molecule has 0 unspecified atom stereocenters. The average molecular weight is 169 g/mol. The van der Waals surface area contributed by atoms with Crippen LogP contribution in [0, 0.1) is 11.3 Å². The molecule has 13 heavy (non-hydrogen) atoms. The molecule has 1 nitrogen and oxygen atoms in total. The van der Waals surface area contributed by atoms with Gasteiger partial charge in [-0.2, -0.15) is 5.26 Å². The Morgan fingerprint density at radius 1 is 1.00 bits per heavy atom. The van der Waals surface area contributed by atoms with Gasteiger partial charge in [-0.3, -0.25) is 0 Å². The first-order chi connectivity index (χ1) is 6.43. The van der Waals surface area contributed by atoms with E-state index in [4.69, 9.17) is 5.26 Å². The van der Waals surface area contributed by atoms with Crippen molar-refractivity contribution in [1.29, 1.82) is 5.26 Å². The molecule has 1 rings (SSSR count). The third-order valence-corrected chi connectivity index (χ3v) is 1.56. The van der Waals surface area contributed by atoms with E-state index in [1.165, 1.54) is 0 Å². The van der Waals surface area contributed by atoms with Crippen molar-refractivity contribution in [1.82, 2.24) is 0 Å².